The molecule has 156 valence electrons. The van der Waals surface area contributed by atoms with E-state index in [-0.39, 0.29) is 0 Å². The zero-order valence-corrected chi connectivity index (χ0v) is 17.8. The van der Waals surface area contributed by atoms with Crippen molar-refractivity contribution in [3.8, 4) is 0 Å². The van der Waals surface area contributed by atoms with Gasteiger partial charge in [0, 0.05) is 52.0 Å². The fourth-order valence-electron chi connectivity index (χ4n) is 4.41. The highest BCUT2D eigenvalue weighted by Gasteiger charge is 2.20. The minimum Gasteiger partial charge on any atom is -0.357 e. The Bertz CT molecular complexity index is 611. The Kier molecular flexibility index (Phi) is 8.40. The SMILES string of the molecule is CCC1CCCCN1CCNC(=NC)NCc1ccnc(N2CCCCC2)c1. The van der Waals surface area contributed by atoms with Crippen LogP contribution in [0.4, 0.5) is 5.82 Å². The summed E-state index contributed by atoms with van der Waals surface area (Å²) in [5.41, 5.74) is 1.25. The normalized spacial score (nSPS) is 21.6. The van der Waals surface area contributed by atoms with Crippen molar-refractivity contribution in [2.24, 2.45) is 4.99 Å². The first-order valence-corrected chi connectivity index (χ1v) is 11.2. The maximum atomic E-state index is 4.57. The minimum absolute atomic E-state index is 0.760. The molecule has 6 nitrogen and oxygen atoms in total. The van der Waals surface area contributed by atoms with Gasteiger partial charge in [-0.2, -0.15) is 0 Å². The number of likely N-dealkylation sites (tertiary alicyclic amines) is 1. The van der Waals surface area contributed by atoms with Crippen LogP contribution in [0.2, 0.25) is 0 Å². The molecule has 0 saturated carbocycles. The second-order valence-corrected chi connectivity index (χ2v) is 8.02. The van der Waals surface area contributed by atoms with E-state index in [1.54, 1.807) is 0 Å². The van der Waals surface area contributed by atoms with Gasteiger partial charge in [-0.25, -0.2) is 4.98 Å². The van der Waals surface area contributed by atoms with Crippen molar-refractivity contribution in [3.63, 3.8) is 0 Å². The molecule has 0 aromatic carbocycles. The highest BCUT2D eigenvalue weighted by molar-refractivity contribution is 5.79. The first-order chi connectivity index (χ1) is 13.8. The summed E-state index contributed by atoms with van der Waals surface area (Å²) in [5.74, 6) is 1.99. The van der Waals surface area contributed by atoms with Crippen molar-refractivity contribution in [3.05, 3.63) is 23.9 Å². The van der Waals surface area contributed by atoms with E-state index < -0.39 is 0 Å². The Hall–Kier alpha value is -1.82. The van der Waals surface area contributed by atoms with Gasteiger partial charge in [-0.3, -0.25) is 9.89 Å². The highest BCUT2D eigenvalue weighted by Crippen LogP contribution is 2.19. The number of nitrogens with one attached hydrogen (secondary N) is 2. The van der Waals surface area contributed by atoms with Gasteiger partial charge in [-0.15, -0.1) is 0 Å². The second-order valence-electron chi connectivity index (χ2n) is 8.02. The van der Waals surface area contributed by atoms with Gasteiger partial charge in [0.05, 0.1) is 0 Å². The Morgan fingerprint density at radius 2 is 1.96 bits per heavy atom. The molecule has 1 aromatic heterocycles. The Balaban J connectivity index is 1.43. The molecule has 0 amide bonds. The van der Waals surface area contributed by atoms with E-state index in [0.717, 1.165) is 50.5 Å². The predicted octanol–water partition coefficient (Wildman–Crippen LogP) is 3.00. The smallest absolute Gasteiger partial charge is 0.191 e. The lowest BCUT2D eigenvalue weighted by atomic mass is 10.0. The number of hydrogen-bond acceptors (Lipinski definition) is 4. The minimum atomic E-state index is 0.760. The van der Waals surface area contributed by atoms with E-state index in [9.17, 15) is 0 Å². The molecule has 2 fully saturated rings. The summed E-state index contributed by atoms with van der Waals surface area (Å²) in [7, 11) is 1.84. The van der Waals surface area contributed by atoms with Crippen LogP contribution < -0.4 is 15.5 Å². The lowest BCUT2D eigenvalue weighted by Gasteiger charge is -2.35. The van der Waals surface area contributed by atoms with Gasteiger partial charge in [0.2, 0.25) is 0 Å². The van der Waals surface area contributed by atoms with Gasteiger partial charge in [-0.1, -0.05) is 13.3 Å². The molecule has 2 saturated heterocycles. The molecule has 1 atom stereocenters. The first kappa shape index (κ1) is 20.9. The van der Waals surface area contributed by atoms with Crippen molar-refractivity contribution >= 4 is 11.8 Å². The largest absolute Gasteiger partial charge is 0.357 e. The third kappa shape index (κ3) is 6.09. The molecule has 6 heteroatoms. The number of pyridine rings is 1. The van der Waals surface area contributed by atoms with Gasteiger partial charge in [0.1, 0.15) is 5.82 Å². The second kappa shape index (κ2) is 11.2. The Labute approximate surface area is 170 Å². The molecule has 2 aliphatic rings. The topological polar surface area (TPSA) is 55.8 Å². The number of rotatable bonds is 7. The summed E-state index contributed by atoms with van der Waals surface area (Å²) in [6.07, 6.45) is 11.2. The summed E-state index contributed by atoms with van der Waals surface area (Å²) < 4.78 is 0. The summed E-state index contributed by atoms with van der Waals surface area (Å²) in [4.78, 5) is 14.0. The van der Waals surface area contributed by atoms with Crippen molar-refractivity contribution < 1.29 is 0 Å². The van der Waals surface area contributed by atoms with Crippen LogP contribution in [0.25, 0.3) is 0 Å². The molecule has 0 bridgehead atoms. The van der Waals surface area contributed by atoms with Crippen LogP contribution in [0.15, 0.2) is 23.3 Å². The van der Waals surface area contributed by atoms with Gasteiger partial charge >= 0.3 is 0 Å². The van der Waals surface area contributed by atoms with E-state index in [1.807, 2.05) is 13.2 Å². The van der Waals surface area contributed by atoms with Crippen LogP contribution in [0.3, 0.4) is 0 Å². The van der Waals surface area contributed by atoms with E-state index in [1.165, 1.54) is 57.1 Å². The van der Waals surface area contributed by atoms with Crippen LogP contribution in [0.1, 0.15) is 57.4 Å². The first-order valence-electron chi connectivity index (χ1n) is 11.2. The van der Waals surface area contributed by atoms with Crippen molar-refractivity contribution in [1.82, 2.24) is 20.5 Å². The third-order valence-electron chi connectivity index (χ3n) is 6.09. The van der Waals surface area contributed by atoms with Crippen LogP contribution in [-0.4, -0.2) is 61.7 Å². The molecule has 0 radical (unpaired) electrons. The van der Waals surface area contributed by atoms with E-state index >= 15 is 0 Å². The average molecular weight is 387 g/mol. The molecule has 0 spiro atoms. The number of aromatic nitrogens is 1. The summed E-state index contributed by atoms with van der Waals surface area (Å²) >= 11 is 0. The number of guanidine groups is 1. The summed E-state index contributed by atoms with van der Waals surface area (Å²) in [5, 5.41) is 6.93. The van der Waals surface area contributed by atoms with Gasteiger partial charge in [0.15, 0.2) is 5.96 Å². The summed E-state index contributed by atoms with van der Waals surface area (Å²) in [6.45, 7) is 8.60. The highest BCUT2D eigenvalue weighted by atomic mass is 15.2. The number of aliphatic imine (C=N–C) groups is 1. The Morgan fingerprint density at radius 1 is 1.14 bits per heavy atom. The van der Waals surface area contributed by atoms with Crippen LogP contribution in [-0.2, 0) is 6.54 Å². The lowest BCUT2D eigenvalue weighted by molar-refractivity contribution is 0.147. The van der Waals surface area contributed by atoms with Crippen LogP contribution in [0.5, 0.6) is 0 Å². The van der Waals surface area contributed by atoms with Gasteiger partial charge < -0.3 is 15.5 Å². The van der Waals surface area contributed by atoms with Crippen molar-refractivity contribution in [2.45, 2.75) is 64.5 Å². The molecule has 0 aliphatic carbocycles. The molecule has 2 N–H and O–H groups in total. The van der Waals surface area contributed by atoms with Crippen LogP contribution in [0, 0.1) is 0 Å². The molecular weight excluding hydrogens is 348 g/mol. The van der Waals surface area contributed by atoms with E-state index in [0.29, 0.717) is 0 Å². The maximum absolute atomic E-state index is 4.57. The quantitative estimate of drug-likeness (QED) is 0.557. The van der Waals surface area contributed by atoms with E-state index in [4.69, 9.17) is 0 Å². The number of anilines is 1. The third-order valence-corrected chi connectivity index (χ3v) is 6.09. The molecule has 2 aliphatic heterocycles. The number of hydrogen-bond donors (Lipinski definition) is 2. The van der Waals surface area contributed by atoms with Gasteiger partial charge in [0.25, 0.3) is 0 Å². The Morgan fingerprint density at radius 3 is 2.75 bits per heavy atom. The number of piperidine rings is 2. The molecule has 28 heavy (non-hydrogen) atoms. The monoisotopic (exact) mass is 386 g/mol. The summed E-state index contributed by atoms with van der Waals surface area (Å²) in [6, 6.07) is 5.06. The average Bonchev–Trinajstić information content (AvgIpc) is 2.77. The fraction of sp³-hybridized carbons (Fsp3) is 0.727. The fourth-order valence-corrected chi connectivity index (χ4v) is 4.41. The van der Waals surface area contributed by atoms with Gasteiger partial charge in [-0.05, 0) is 62.8 Å². The molecule has 1 unspecified atom stereocenters. The molecule has 3 heterocycles. The molecule has 1 aromatic rings. The number of nitrogens with zero attached hydrogens (tertiary/aromatic N) is 4. The zero-order chi connectivity index (χ0) is 19.6. The maximum Gasteiger partial charge on any atom is 0.191 e. The lowest BCUT2D eigenvalue weighted by Crippen LogP contribution is -2.45. The molecule has 3 rings (SSSR count). The van der Waals surface area contributed by atoms with E-state index in [2.05, 4.69) is 49.5 Å². The molecular formula is C22H38N6. The zero-order valence-electron chi connectivity index (χ0n) is 17.8. The standard InChI is InChI=1S/C22H38N6/c1-3-20-9-5-8-13-27(20)16-12-25-22(23-2)26-18-19-10-11-24-21(17-19)28-14-6-4-7-15-28/h10-11,17,20H,3-9,12-16,18H2,1-2H3,(H2,23,25,26). The van der Waals surface area contributed by atoms with Crippen molar-refractivity contribution in [2.75, 3.05) is 44.7 Å². The predicted molar refractivity (Wildman–Crippen MR) is 118 cm³/mol. The van der Waals surface area contributed by atoms with Crippen LogP contribution >= 0.6 is 0 Å². The van der Waals surface area contributed by atoms with Crippen molar-refractivity contribution in [1.29, 1.82) is 0 Å².